The maximum absolute atomic E-state index is 12.9. The van der Waals surface area contributed by atoms with E-state index in [0.29, 0.717) is 22.8 Å². The molecule has 0 aliphatic rings. The minimum atomic E-state index is -4.34. The molecule has 0 amide bonds. The summed E-state index contributed by atoms with van der Waals surface area (Å²) >= 11 is 1.29. The highest BCUT2D eigenvalue weighted by Gasteiger charge is 2.29. The van der Waals surface area contributed by atoms with Crippen LogP contribution in [0.2, 0.25) is 0 Å². The van der Waals surface area contributed by atoms with Crippen LogP contribution >= 0.6 is 11.8 Å². The molecule has 42 heavy (non-hydrogen) atoms. The number of alkyl halides is 3. The Kier molecular flexibility index (Phi) is 17.2. The van der Waals surface area contributed by atoms with Gasteiger partial charge in [-0.3, -0.25) is 4.79 Å². The minimum absolute atomic E-state index is 0.0567. The Hall–Kier alpha value is -4.15. The fourth-order valence-corrected chi connectivity index (χ4v) is 3.62. The van der Waals surface area contributed by atoms with E-state index in [0.717, 1.165) is 30.1 Å². The maximum atomic E-state index is 12.9. The van der Waals surface area contributed by atoms with E-state index in [1.807, 2.05) is 6.79 Å². The molecule has 0 saturated carbocycles. The number of hydrogen-bond donors (Lipinski definition) is 2. The summed E-state index contributed by atoms with van der Waals surface area (Å²) in [6.07, 6.45) is -0.714. The average Bonchev–Trinajstić information content (AvgIpc) is 3.47. The normalized spacial score (nSPS) is 10.7. The van der Waals surface area contributed by atoms with Crippen LogP contribution in [-0.4, -0.2) is 43.2 Å². The Bertz CT molecular complexity index is 1400. The van der Waals surface area contributed by atoms with Gasteiger partial charge in [0.15, 0.2) is 29.1 Å². The Balaban J connectivity index is 0.000000704. The van der Waals surface area contributed by atoms with E-state index in [2.05, 4.69) is 28.7 Å². The van der Waals surface area contributed by atoms with E-state index in [9.17, 15) is 40.3 Å². The number of rotatable bonds is 6. The van der Waals surface area contributed by atoms with Crippen molar-refractivity contribution in [3.05, 3.63) is 94.1 Å². The Morgan fingerprint density at radius 2 is 1.57 bits per heavy atom. The standard InChI is InChI=1S/C17H15F3OS.C8H3F4N.C3H7NO.CH2O/c1-4-12(2)16(13(3)21)22-11-5-6-14-7-9-15(10-8-14)17(18,19)20;9-4-3-1-2-13-8(3)7(12)6(11)5(4)10;1-4-2-3-5;1-2/h4,7-10H,1,11H2,2-3H3;1-2,13H;3-4H,2H2,1H3;1H2/b16-12-;;;. The van der Waals surface area contributed by atoms with E-state index >= 15 is 0 Å². The molecule has 2 aromatic carbocycles. The van der Waals surface area contributed by atoms with Crippen molar-refractivity contribution in [2.45, 2.75) is 20.0 Å². The number of allylic oxidation sites excluding steroid dienone is 3. The van der Waals surface area contributed by atoms with Crippen LogP contribution in [0, 0.1) is 35.1 Å². The molecule has 5 nitrogen and oxygen atoms in total. The molecule has 13 heteroatoms. The van der Waals surface area contributed by atoms with E-state index in [1.54, 1.807) is 20.0 Å². The van der Waals surface area contributed by atoms with E-state index in [4.69, 9.17) is 4.79 Å². The molecule has 3 rings (SSSR count). The summed E-state index contributed by atoms with van der Waals surface area (Å²) < 4.78 is 88.2. The van der Waals surface area contributed by atoms with Crippen LogP contribution < -0.4 is 5.32 Å². The van der Waals surface area contributed by atoms with Crippen molar-refractivity contribution in [3.63, 3.8) is 0 Å². The number of thioether (sulfide) groups is 1. The number of carbonyl (C=O) groups is 3. The fourth-order valence-electron chi connectivity index (χ4n) is 2.81. The molecule has 0 saturated heterocycles. The number of Topliss-reactive ketones (excluding diaryl/α,β-unsaturated/α-hetero) is 1. The van der Waals surface area contributed by atoms with Crippen LogP contribution in [0.5, 0.6) is 0 Å². The summed E-state index contributed by atoms with van der Waals surface area (Å²) in [5.74, 6) is -0.438. The quantitative estimate of drug-likeness (QED) is 0.0607. The summed E-state index contributed by atoms with van der Waals surface area (Å²) in [6.45, 7) is 9.34. The maximum Gasteiger partial charge on any atom is 0.416 e. The first-order valence-corrected chi connectivity index (χ1v) is 12.6. The molecule has 0 fully saturated rings. The summed E-state index contributed by atoms with van der Waals surface area (Å²) in [4.78, 5) is 31.7. The molecule has 1 heterocycles. The predicted molar refractivity (Wildman–Crippen MR) is 150 cm³/mol. The monoisotopic (exact) mass is 616 g/mol. The topological polar surface area (TPSA) is 79.0 Å². The van der Waals surface area contributed by atoms with E-state index in [1.165, 1.54) is 37.0 Å². The van der Waals surface area contributed by atoms with Gasteiger partial charge in [0.1, 0.15) is 13.1 Å². The SMILES string of the molecule is C=C/C(C)=C(\SCC#Cc1ccc(C(F)(F)F)cc1)C(C)=O.C=O.CNCC=O.Fc1c(F)c(F)c2[nH]ccc2c1F. The van der Waals surface area contributed by atoms with Crippen LogP contribution in [-0.2, 0) is 20.6 Å². The van der Waals surface area contributed by atoms with Gasteiger partial charge in [0.25, 0.3) is 0 Å². The molecule has 0 aliphatic heterocycles. The zero-order valence-electron chi connectivity index (χ0n) is 22.7. The lowest BCUT2D eigenvalue weighted by molar-refractivity contribution is -0.137. The largest absolute Gasteiger partial charge is 0.416 e. The van der Waals surface area contributed by atoms with Crippen molar-refractivity contribution in [2.24, 2.45) is 0 Å². The van der Waals surface area contributed by atoms with Crippen LogP contribution in [0.1, 0.15) is 25.0 Å². The zero-order valence-corrected chi connectivity index (χ0v) is 23.5. The van der Waals surface area contributed by atoms with Gasteiger partial charge in [-0.25, -0.2) is 17.6 Å². The third-order valence-electron chi connectivity index (χ3n) is 4.79. The Morgan fingerprint density at radius 1 is 1.00 bits per heavy atom. The van der Waals surface area contributed by atoms with Crippen LogP contribution in [0.3, 0.4) is 0 Å². The third-order valence-corrected chi connectivity index (χ3v) is 5.97. The average molecular weight is 617 g/mol. The van der Waals surface area contributed by atoms with Gasteiger partial charge >= 0.3 is 6.18 Å². The zero-order chi connectivity index (χ0) is 32.5. The number of aromatic amines is 1. The summed E-state index contributed by atoms with van der Waals surface area (Å²) in [7, 11) is 1.73. The number of likely N-dealkylation sites (N-methyl/N-ethyl adjacent to an activating group) is 1. The van der Waals surface area contributed by atoms with Crippen LogP contribution in [0.4, 0.5) is 30.7 Å². The van der Waals surface area contributed by atoms with Gasteiger partial charge in [-0.15, -0.1) is 11.8 Å². The van der Waals surface area contributed by atoms with Crippen LogP contribution in [0.25, 0.3) is 10.9 Å². The smallest absolute Gasteiger partial charge is 0.359 e. The van der Waals surface area contributed by atoms with Crippen LogP contribution in [0.15, 0.2) is 59.7 Å². The first kappa shape index (κ1) is 37.9. The number of benzene rings is 2. The number of nitrogens with one attached hydrogen (secondary N) is 2. The van der Waals surface area contributed by atoms with Crippen molar-refractivity contribution in [1.82, 2.24) is 10.3 Å². The number of hydrogen-bond acceptors (Lipinski definition) is 5. The fraction of sp³-hybridized carbons (Fsp3) is 0.207. The Labute approximate surface area is 242 Å². The van der Waals surface area contributed by atoms with Crippen molar-refractivity contribution >= 4 is 41.5 Å². The second-order valence-corrected chi connectivity index (χ2v) is 8.67. The lowest BCUT2D eigenvalue weighted by atomic mass is 10.1. The second kappa shape index (κ2) is 19.1. The molecule has 0 unspecified atom stereocenters. The van der Waals surface area contributed by atoms with Gasteiger partial charge in [-0.2, -0.15) is 13.2 Å². The van der Waals surface area contributed by atoms with Gasteiger partial charge < -0.3 is 19.9 Å². The number of halogens is 7. The summed E-state index contributed by atoms with van der Waals surface area (Å²) in [6, 6.07) is 5.80. The van der Waals surface area contributed by atoms with Gasteiger partial charge in [0.05, 0.1) is 28.3 Å². The molecule has 3 aromatic rings. The Morgan fingerprint density at radius 3 is 2.02 bits per heavy atom. The molecule has 0 radical (unpaired) electrons. The molecular formula is C29H27F7N2O3S. The first-order chi connectivity index (χ1) is 19.8. The number of aldehydes is 1. The number of carbonyl (C=O) groups excluding carboxylic acids is 3. The third kappa shape index (κ3) is 11.8. The van der Waals surface area contributed by atoms with Crippen molar-refractivity contribution < 1.29 is 45.1 Å². The van der Waals surface area contributed by atoms with Crippen molar-refractivity contribution in [2.75, 3.05) is 19.3 Å². The highest BCUT2D eigenvalue weighted by Crippen LogP contribution is 2.29. The van der Waals surface area contributed by atoms with Gasteiger partial charge in [0, 0.05) is 17.1 Å². The lowest BCUT2D eigenvalue weighted by Gasteiger charge is -2.05. The van der Waals surface area contributed by atoms with Crippen molar-refractivity contribution in [3.8, 4) is 11.8 Å². The molecule has 226 valence electrons. The summed E-state index contributed by atoms with van der Waals surface area (Å²) in [5.41, 5.74) is 0.225. The molecule has 0 spiro atoms. The molecule has 2 N–H and O–H groups in total. The van der Waals surface area contributed by atoms with Crippen molar-refractivity contribution in [1.29, 1.82) is 0 Å². The molecular weight excluding hydrogens is 589 g/mol. The highest BCUT2D eigenvalue weighted by molar-refractivity contribution is 8.04. The lowest BCUT2D eigenvalue weighted by Crippen LogP contribution is -2.07. The number of ketones is 1. The van der Waals surface area contributed by atoms with Gasteiger partial charge in [-0.1, -0.05) is 24.5 Å². The molecule has 1 aromatic heterocycles. The number of fused-ring (bicyclic) bond motifs is 1. The van der Waals surface area contributed by atoms with Gasteiger partial charge in [-0.05, 0) is 56.8 Å². The predicted octanol–water partition coefficient (Wildman–Crippen LogP) is 6.78. The van der Waals surface area contributed by atoms with E-state index in [-0.39, 0.29) is 16.7 Å². The molecule has 0 atom stereocenters. The summed E-state index contributed by atoms with van der Waals surface area (Å²) in [5, 5.41) is 2.35. The second-order valence-electron chi connectivity index (χ2n) is 7.68. The minimum Gasteiger partial charge on any atom is -0.359 e. The van der Waals surface area contributed by atoms with Gasteiger partial charge in [0.2, 0.25) is 0 Å². The molecule has 0 aliphatic carbocycles. The van der Waals surface area contributed by atoms with E-state index < -0.39 is 35.0 Å². The molecule has 0 bridgehead atoms. The first-order valence-electron chi connectivity index (χ1n) is 11.6. The number of aromatic nitrogens is 1. The highest BCUT2D eigenvalue weighted by atomic mass is 32.2. The number of H-pyrrole nitrogens is 1.